The fourth-order valence-electron chi connectivity index (χ4n) is 3.41. The molecule has 166 valence electrons. The SMILES string of the molecule is C/C=C1/CCC/C1=C/CNC(=O)CC.CC(=O)CCCC(C)c1ccc(F)c(F)c1. The highest BCUT2D eigenvalue weighted by atomic mass is 19.2. The first-order chi connectivity index (χ1) is 14.3. The van der Waals surface area contributed by atoms with Crippen LogP contribution in [0.5, 0.6) is 0 Å². The van der Waals surface area contributed by atoms with Gasteiger partial charge in [-0.05, 0) is 80.7 Å². The van der Waals surface area contributed by atoms with Crippen LogP contribution in [0.2, 0.25) is 0 Å². The average Bonchev–Trinajstić information content (AvgIpc) is 3.17. The third-order valence-corrected chi connectivity index (χ3v) is 5.30. The molecule has 0 bridgehead atoms. The Hall–Kier alpha value is -2.30. The van der Waals surface area contributed by atoms with Gasteiger partial charge in [0.05, 0.1) is 0 Å². The minimum absolute atomic E-state index is 0.127. The molecule has 30 heavy (non-hydrogen) atoms. The molecule has 0 radical (unpaired) electrons. The molecule has 1 aliphatic carbocycles. The van der Waals surface area contributed by atoms with Crippen LogP contribution in [0.4, 0.5) is 8.78 Å². The van der Waals surface area contributed by atoms with E-state index < -0.39 is 11.6 Å². The maximum absolute atomic E-state index is 13.0. The number of amides is 1. The lowest BCUT2D eigenvalue weighted by Gasteiger charge is -2.11. The monoisotopic (exact) mass is 419 g/mol. The minimum atomic E-state index is -0.820. The topological polar surface area (TPSA) is 46.2 Å². The van der Waals surface area contributed by atoms with Crippen LogP contribution in [0.25, 0.3) is 0 Å². The van der Waals surface area contributed by atoms with Gasteiger partial charge in [-0.25, -0.2) is 8.78 Å². The van der Waals surface area contributed by atoms with Gasteiger partial charge >= 0.3 is 0 Å². The fourth-order valence-corrected chi connectivity index (χ4v) is 3.41. The van der Waals surface area contributed by atoms with Gasteiger partial charge in [0.15, 0.2) is 11.6 Å². The predicted octanol–water partition coefficient (Wildman–Crippen LogP) is 6.40. The van der Waals surface area contributed by atoms with Gasteiger partial charge in [0, 0.05) is 19.4 Å². The summed E-state index contributed by atoms with van der Waals surface area (Å²) in [6.45, 7) is 8.14. The third kappa shape index (κ3) is 9.47. The minimum Gasteiger partial charge on any atom is -0.353 e. The number of allylic oxidation sites excluding steroid dienone is 3. The molecule has 0 aliphatic heterocycles. The zero-order valence-corrected chi connectivity index (χ0v) is 18.7. The molecule has 1 aromatic rings. The van der Waals surface area contributed by atoms with Gasteiger partial charge in [-0.2, -0.15) is 0 Å². The van der Waals surface area contributed by atoms with Crippen molar-refractivity contribution in [2.75, 3.05) is 6.54 Å². The first kappa shape index (κ1) is 25.7. The Labute approximate surface area is 179 Å². The Bertz CT molecular complexity index is 768. The number of rotatable bonds is 8. The second-order valence-electron chi connectivity index (χ2n) is 7.72. The van der Waals surface area contributed by atoms with E-state index in [4.69, 9.17) is 0 Å². The second-order valence-corrected chi connectivity index (χ2v) is 7.72. The molecule has 1 amide bonds. The second kappa shape index (κ2) is 13.8. The van der Waals surface area contributed by atoms with Crippen LogP contribution in [-0.4, -0.2) is 18.2 Å². The van der Waals surface area contributed by atoms with E-state index in [1.165, 1.54) is 36.5 Å². The molecule has 1 N–H and O–H groups in total. The summed E-state index contributed by atoms with van der Waals surface area (Å²) in [7, 11) is 0. The van der Waals surface area contributed by atoms with Gasteiger partial charge in [-0.3, -0.25) is 4.79 Å². The van der Waals surface area contributed by atoms with Crippen LogP contribution in [0, 0.1) is 11.6 Å². The summed E-state index contributed by atoms with van der Waals surface area (Å²) < 4.78 is 25.7. The molecule has 1 fully saturated rings. The molecule has 0 spiro atoms. The molecular formula is C25H35F2NO2. The quantitative estimate of drug-likeness (QED) is 0.530. The molecule has 1 saturated carbocycles. The van der Waals surface area contributed by atoms with Crippen LogP contribution < -0.4 is 5.32 Å². The molecule has 1 aliphatic rings. The van der Waals surface area contributed by atoms with Crippen molar-refractivity contribution in [3.05, 3.63) is 58.7 Å². The van der Waals surface area contributed by atoms with E-state index in [1.54, 1.807) is 13.0 Å². The van der Waals surface area contributed by atoms with E-state index in [0.29, 0.717) is 19.4 Å². The van der Waals surface area contributed by atoms with Crippen LogP contribution in [0.3, 0.4) is 0 Å². The van der Waals surface area contributed by atoms with E-state index in [9.17, 15) is 18.4 Å². The highest BCUT2D eigenvalue weighted by Gasteiger charge is 2.11. The Balaban J connectivity index is 0.000000303. The standard InChI is InChI=1S/C13H16F2O.C12H19NO/c1-9(4-3-5-10(2)16)11-6-7-12(14)13(15)8-11;1-3-10-6-5-7-11(10)8-9-13-12(14)4-2/h6-9H,3-5H2,1-2H3;3,8H,4-7,9H2,1-2H3,(H,13,14)/b;10-3-,11-8-. The molecule has 0 aromatic heterocycles. The number of nitrogens with one attached hydrogen (secondary N) is 1. The van der Waals surface area contributed by atoms with Crippen LogP contribution in [-0.2, 0) is 9.59 Å². The molecule has 0 heterocycles. The summed E-state index contributed by atoms with van der Waals surface area (Å²) in [6.07, 6.45) is 10.7. The normalized spacial score (nSPS) is 16.9. The molecular weight excluding hydrogens is 384 g/mol. The molecule has 0 saturated heterocycles. The number of halogens is 2. The van der Waals surface area contributed by atoms with Crippen LogP contribution in [0.15, 0.2) is 41.5 Å². The molecule has 1 unspecified atom stereocenters. The van der Waals surface area contributed by atoms with E-state index >= 15 is 0 Å². The smallest absolute Gasteiger partial charge is 0.219 e. The molecule has 3 nitrogen and oxygen atoms in total. The van der Waals surface area contributed by atoms with Crippen LogP contribution >= 0.6 is 0 Å². The molecule has 1 atom stereocenters. The van der Waals surface area contributed by atoms with Gasteiger partial charge in [-0.1, -0.05) is 32.1 Å². The zero-order chi connectivity index (χ0) is 22.5. The lowest BCUT2D eigenvalue weighted by molar-refractivity contribution is -0.120. The summed E-state index contributed by atoms with van der Waals surface area (Å²) in [5.74, 6) is -1.19. The summed E-state index contributed by atoms with van der Waals surface area (Å²) in [4.78, 5) is 21.7. The molecule has 1 aromatic carbocycles. The first-order valence-corrected chi connectivity index (χ1v) is 10.8. The van der Waals surface area contributed by atoms with E-state index in [-0.39, 0.29) is 17.6 Å². The largest absolute Gasteiger partial charge is 0.353 e. The van der Waals surface area contributed by atoms with E-state index in [2.05, 4.69) is 24.4 Å². The maximum atomic E-state index is 13.0. The lowest BCUT2D eigenvalue weighted by Crippen LogP contribution is -2.22. The van der Waals surface area contributed by atoms with Gasteiger partial charge in [0.1, 0.15) is 5.78 Å². The fraction of sp³-hybridized carbons (Fsp3) is 0.520. The summed E-state index contributed by atoms with van der Waals surface area (Å²) in [5.41, 5.74) is 3.65. The Morgan fingerprint density at radius 2 is 1.87 bits per heavy atom. The van der Waals surface area contributed by atoms with Gasteiger partial charge in [0.25, 0.3) is 0 Å². The van der Waals surface area contributed by atoms with Crippen molar-refractivity contribution < 1.29 is 18.4 Å². The Kier molecular flexibility index (Phi) is 11.9. The Morgan fingerprint density at radius 1 is 1.17 bits per heavy atom. The molecule has 2 rings (SSSR count). The number of hydrogen-bond acceptors (Lipinski definition) is 2. The number of Topliss-reactive ketones (excluding diaryl/α,β-unsaturated/α-hetero) is 1. The maximum Gasteiger partial charge on any atom is 0.219 e. The zero-order valence-electron chi connectivity index (χ0n) is 18.7. The van der Waals surface area contributed by atoms with Crippen molar-refractivity contribution in [2.45, 2.75) is 78.6 Å². The van der Waals surface area contributed by atoms with Crippen molar-refractivity contribution in [1.29, 1.82) is 0 Å². The predicted molar refractivity (Wildman–Crippen MR) is 118 cm³/mol. The number of benzene rings is 1. The summed E-state index contributed by atoms with van der Waals surface area (Å²) in [5, 5.41) is 2.86. The first-order valence-electron chi connectivity index (χ1n) is 10.8. The Morgan fingerprint density at radius 3 is 2.47 bits per heavy atom. The van der Waals surface area contributed by atoms with Crippen molar-refractivity contribution in [2.24, 2.45) is 0 Å². The molecule has 5 heteroatoms. The lowest BCUT2D eigenvalue weighted by atomic mass is 9.95. The summed E-state index contributed by atoms with van der Waals surface area (Å²) >= 11 is 0. The van der Waals surface area contributed by atoms with Crippen molar-refractivity contribution in [3.63, 3.8) is 0 Å². The highest BCUT2D eigenvalue weighted by Crippen LogP contribution is 2.29. The van der Waals surface area contributed by atoms with Crippen molar-refractivity contribution >= 4 is 11.7 Å². The number of carbonyl (C=O) groups excluding carboxylic acids is 2. The average molecular weight is 420 g/mol. The number of carbonyl (C=O) groups is 2. The van der Waals surface area contributed by atoms with Crippen LogP contribution in [0.1, 0.15) is 84.1 Å². The van der Waals surface area contributed by atoms with Crippen molar-refractivity contribution in [1.82, 2.24) is 5.32 Å². The van der Waals surface area contributed by atoms with E-state index in [0.717, 1.165) is 24.5 Å². The number of hydrogen-bond donors (Lipinski definition) is 1. The van der Waals surface area contributed by atoms with Gasteiger partial charge < -0.3 is 10.1 Å². The van der Waals surface area contributed by atoms with E-state index in [1.807, 2.05) is 13.8 Å². The highest BCUT2D eigenvalue weighted by molar-refractivity contribution is 5.75. The van der Waals surface area contributed by atoms with Gasteiger partial charge in [-0.15, -0.1) is 0 Å². The van der Waals surface area contributed by atoms with Gasteiger partial charge in [0.2, 0.25) is 5.91 Å². The summed E-state index contributed by atoms with van der Waals surface area (Å²) in [6, 6.07) is 3.97. The third-order valence-electron chi connectivity index (χ3n) is 5.30. The number of ketones is 1. The van der Waals surface area contributed by atoms with Crippen molar-refractivity contribution in [3.8, 4) is 0 Å².